The van der Waals surface area contributed by atoms with E-state index in [4.69, 9.17) is 9.98 Å². The van der Waals surface area contributed by atoms with Crippen LogP contribution in [0.5, 0.6) is 0 Å². The van der Waals surface area contributed by atoms with Crippen LogP contribution in [-0.4, -0.2) is 4.98 Å². The van der Waals surface area contributed by atoms with Gasteiger partial charge in [-0.3, -0.25) is 0 Å². The Morgan fingerprint density at radius 3 is 2.13 bits per heavy atom. The summed E-state index contributed by atoms with van der Waals surface area (Å²) in [5, 5.41) is 0. The van der Waals surface area contributed by atoms with Crippen molar-refractivity contribution >= 4 is 27.2 Å². The number of para-hydroxylation sites is 2. The lowest BCUT2D eigenvalue weighted by Gasteiger charge is -2.04. The van der Waals surface area contributed by atoms with Crippen molar-refractivity contribution in [2.75, 3.05) is 0 Å². The van der Waals surface area contributed by atoms with Crippen molar-refractivity contribution < 1.29 is 0 Å². The first-order valence-corrected chi connectivity index (χ1v) is 8.27. The van der Waals surface area contributed by atoms with Crippen molar-refractivity contribution in [3.05, 3.63) is 89.6 Å². The van der Waals surface area contributed by atoms with E-state index in [1.807, 2.05) is 66.7 Å². The van der Waals surface area contributed by atoms with Crippen LogP contribution in [0.1, 0.15) is 0 Å². The average Bonchev–Trinajstić information content (AvgIpc) is 2.63. The molecule has 0 radical (unpaired) electrons. The summed E-state index contributed by atoms with van der Waals surface area (Å²) >= 11 is 1.67. The predicted molar refractivity (Wildman–Crippen MR) is 96.7 cm³/mol. The molecule has 0 aliphatic carbocycles. The first-order chi connectivity index (χ1) is 11.4. The van der Waals surface area contributed by atoms with Gasteiger partial charge in [-0.25, -0.2) is 9.98 Å². The smallest absolute Gasteiger partial charge is 0.143 e. The van der Waals surface area contributed by atoms with Gasteiger partial charge in [0.05, 0.1) is 15.9 Å². The summed E-state index contributed by atoms with van der Waals surface area (Å²) in [6.07, 6.45) is 0. The van der Waals surface area contributed by atoms with Crippen LogP contribution in [0.25, 0.3) is 21.5 Å². The fraction of sp³-hybridized carbons (Fsp3) is 0. The van der Waals surface area contributed by atoms with E-state index in [0.29, 0.717) is 0 Å². The van der Waals surface area contributed by atoms with Gasteiger partial charge < -0.3 is 0 Å². The Kier molecular flexibility index (Phi) is 3.70. The van der Waals surface area contributed by atoms with Crippen molar-refractivity contribution in [3.8, 4) is 11.3 Å². The molecule has 23 heavy (non-hydrogen) atoms. The molecule has 3 aromatic carbocycles. The van der Waals surface area contributed by atoms with Crippen LogP contribution in [0.3, 0.4) is 0 Å². The first-order valence-electron chi connectivity index (χ1n) is 7.45. The maximum absolute atomic E-state index is 4.86. The summed E-state index contributed by atoms with van der Waals surface area (Å²) in [5.41, 5.74) is 3.96. The highest BCUT2D eigenvalue weighted by Crippen LogP contribution is 2.21. The fourth-order valence-corrected chi connectivity index (χ4v) is 3.42. The fourth-order valence-electron chi connectivity index (χ4n) is 2.44. The quantitative estimate of drug-likeness (QED) is 0.499. The molecule has 0 amide bonds. The third kappa shape index (κ3) is 2.91. The van der Waals surface area contributed by atoms with E-state index in [2.05, 4.69) is 18.2 Å². The molecule has 0 bridgehead atoms. The van der Waals surface area contributed by atoms with E-state index in [0.717, 1.165) is 31.8 Å². The molecule has 1 aromatic heterocycles. The monoisotopic (exact) mass is 314 g/mol. The number of fused-ring (bicyclic) bond motifs is 1. The van der Waals surface area contributed by atoms with Gasteiger partial charge in [-0.1, -0.05) is 60.7 Å². The lowest BCUT2D eigenvalue weighted by molar-refractivity contribution is 1.32. The number of aromatic nitrogens is 1. The molecule has 2 nitrogen and oxygen atoms in total. The van der Waals surface area contributed by atoms with Gasteiger partial charge in [0.1, 0.15) is 10.4 Å². The Bertz CT molecular complexity index is 1010. The molecule has 0 atom stereocenters. The van der Waals surface area contributed by atoms with E-state index in [1.165, 1.54) is 0 Å². The Morgan fingerprint density at radius 2 is 1.35 bits per heavy atom. The summed E-state index contributed by atoms with van der Waals surface area (Å²) < 4.78 is 2.07. The largest absolute Gasteiger partial charge is 0.244 e. The van der Waals surface area contributed by atoms with E-state index in [-0.39, 0.29) is 0 Å². The Balaban J connectivity index is 2.03. The van der Waals surface area contributed by atoms with Crippen LogP contribution < -0.4 is 4.67 Å². The molecule has 0 saturated heterocycles. The van der Waals surface area contributed by atoms with E-state index >= 15 is 0 Å². The van der Waals surface area contributed by atoms with Gasteiger partial charge in [0.15, 0.2) is 0 Å². The van der Waals surface area contributed by atoms with Crippen LogP contribution in [0, 0.1) is 0 Å². The van der Waals surface area contributed by atoms with Gasteiger partial charge in [0, 0.05) is 5.56 Å². The zero-order chi connectivity index (χ0) is 15.5. The van der Waals surface area contributed by atoms with Gasteiger partial charge in [0.2, 0.25) is 0 Å². The van der Waals surface area contributed by atoms with Gasteiger partial charge in [0.25, 0.3) is 0 Å². The standard InChI is InChI=1S/C20H14N2S/c1-3-9-15(10-4-1)19-20(21-16-11-5-2-6-12-16)23-18-14-8-7-13-17(18)22-19/h1-14H. The van der Waals surface area contributed by atoms with E-state index in [9.17, 15) is 0 Å². The van der Waals surface area contributed by atoms with Gasteiger partial charge >= 0.3 is 0 Å². The molecular weight excluding hydrogens is 300 g/mol. The summed E-state index contributed by atoms with van der Waals surface area (Å²) in [6.45, 7) is 0. The molecule has 0 spiro atoms. The molecule has 0 N–H and O–H groups in total. The Labute approximate surface area is 138 Å². The molecule has 110 valence electrons. The molecule has 4 aromatic rings. The van der Waals surface area contributed by atoms with Crippen LogP contribution in [0.15, 0.2) is 89.9 Å². The third-order valence-corrected chi connectivity index (χ3v) is 4.58. The molecular formula is C20H14N2S. The summed E-state index contributed by atoms with van der Waals surface area (Å²) in [7, 11) is 0. The molecule has 0 aliphatic heterocycles. The molecule has 4 rings (SSSR count). The second-order valence-electron chi connectivity index (χ2n) is 5.15. The van der Waals surface area contributed by atoms with Gasteiger partial charge in [-0.15, -0.1) is 11.3 Å². The van der Waals surface area contributed by atoms with Crippen LogP contribution in [0.2, 0.25) is 0 Å². The lowest BCUT2D eigenvalue weighted by atomic mass is 10.2. The minimum absolute atomic E-state index is 0.929. The van der Waals surface area contributed by atoms with Crippen LogP contribution >= 0.6 is 11.3 Å². The number of nitrogens with zero attached hydrogens (tertiary/aromatic N) is 2. The van der Waals surface area contributed by atoms with Crippen molar-refractivity contribution in [2.45, 2.75) is 0 Å². The number of benzene rings is 3. The topological polar surface area (TPSA) is 25.2 Å². The third-order valence-electron chi connectivity index (χ3n) is 3.54. The normalized spacial score (nSPS) is 11.7. The highest BCUT2D eigenvalue weighted by atomic mass is 32.1. The van der Waals surface area contributed by atoms with Crippen molar-refractivity contribution in [1.29, 1.82) is 0 Å². The Hall–Kier alpha value is -2.78. The van der Waals surface area contributed by atoms with Gasteiger partial charge in [-0.05, 0) is 24.3 Å². The second kappa shape index (κ2) is 6.15. The van der Waals surface area contributed by atoms with Crippen LogP contribution in [0.4, 0.5) is 5.69 Å². The second-order valence-corrected chi connectivity index (χ2v) is 6.18. The zero-order valence-corrected chi connectivity index (χ0v) is 13.2. The van der Waals surface area contributed by atoms with Crippen molar-refractivity contribution in [3.63, 3.8) is 0 Å². The average molecular weight is 314 g/mol. The highest BCUT2D eigenvalue weighted by Gasteiger charge is 2.06. The first kappa shape index (κ1) is 13.9. The highest BCUT2D eigenvalue weighted by molar-refractivity contribution is 7.16. The lowest BCUT2D eigenvalue weighted by Crippen LogP contribution is -2.04. The Morgan fingerprint density at radius 1 is 0.696 bits per heavy atom. The predicted octanol–water partition coefficient (Wildman–Crippen LogP) is 5.20. The summed E-state index contributed by atoms with van der Waals surface area (Å²) in [6, 6.07) is 28.4. The molecule has 0 aliphatic rings. The van der Waals surface area contributed by atoms with Crippen molar-refractivity contribution in [1.82, 2.24) is 4.98 Å². The van der Waals surface area contributed by atoms with Crippen molar-refractivity contribution in [2.24, 2.45) is 4.99 Å². The molecule has 0 saturated carbocycles. The zero-order valence-electron chi connectivity index (χ0n) is 12.4. The molecule has 3 heteroatoms. The number of rotatable bonds is 2. The maximum atomic E-state index is 4.86. The van der Waals surface area contributed by atoms with Gasteiger partial charge in [-0.2, -0.15) is 0 Å². The number of hydrogen-bond acceptors (Lipinski definition) is 3. The number of hydrogen-bond donors (Lipinski definition) is 0. The summed E-state index contributed by atoms with van der Waals surface area (Å²) in [5.74, 6) is 0. The maximum Gasteiger partial charge on any atom is 0.143 e. The molecule has 0 unspecified atom stereocenters. The van der Waals surface area contributed by atoms with E-state index < -0.39 is 0 Å². The van der Waals surface area contributed by atoms with Crippen LogP contribution in [-0.2, 0) is 0 Å². The minimum Gasteiger partial charge on any atom is -0.244 e. The summed E-state index contributed by atoms with van der Waals surface area (Å²) in [4.78, 5) is 9.68. The van der Waals surface area contributed by atoms with E-state index in [1.54, 1.807) is 11.3 Å². The SMILES string of the molecule is c1ccc(N=c2sc3ccccc3nc2-c2ccccc2)cc1. The molecule has 0 fully saturated rings. The molecule has 1 heterocycles. The minimum atomic E-state index is 0.929.